The van der Waals surface area contributed by atoms with Crippen LogP contribution in [0.15, 0.2) is 18.5 Å². The number of thiophene rings is 1. The number of unbranched alkanes of at least 4 members (excludes halogenated alkanes) is 2. The molecule has 0 aromatic carbocycles. The lowest BCUT2D eigenvalue weighted by Gasteiger charge is -2.28. The maximum atomic E-state index is 10.6. The van der Waals surface area contributed by atoms with Crippen molar-refractivity contribution >= 4 is 44.3 Å². The van der Waals surface area contributed by atoms with E-state index in [0.717, 1.165) is 53.5 Å². The Morgan fingerprint density at radius 2 is 1.97 bits per heavy atom. The predicted octanol–water partition coefficient (Wildman–Crippen LogP) is 2.62. The number of carboxylic acid groups (broad SMARTS) is 1. The van der Waals surface area contributed by atoms with Crippen LogP contribution in [0.4, 0.5) is 16.8 Å². The highest BCUT2D eigenvalue weighted by Crippen LogP contribution is 2.36. The molecule has 164 valence electrons. The standard InChI is InChI=1S/C20H25N7O3S/c21-20-23-11-13(12-24-20)18-25-14-10-15(22-5-3-1-2-4-16(28)29)31-17(14)19(26-18)27-6-8-30-9-7-27/h10-12,22H,1-9H2,(H,28,29)(H2,21,23,24). The Hall–Kier alpha value is -3.05. The maximum absolute atomic E-state index is 10.6. The van der Waals surface area contributed by atoms with Gasteiger partial charge in [0, 0.05) is 38.4 Å². The molecule has 4 heterocycles. The van der Waals surface area contributed by atoms with Gasteiger partial charge in [0.2, 0.25) is 5.95 Å². The van der Waals surface area contributed by atoms with Crippen LogP contribution < -0.4 is 16.0 Å². The molecule has 10 nitrogen and oxygen atoms in total. The molecule has 4 rings (SSSR count). The summed E-state index contributed by atoms with van der Waals surface area (Å²) in [6.45, 7) is 3.66. The van der Waals surface area contributed by atoms with Crippen LogP contribution >= 0.6 is 11.3 Å². The monoisotopic (exact) mass is 443 g/mol. The third-order valence-electron chi connectivity index (χ3n) is 4.96. The molecule has 1 saturated heterocycles. The lowest BCUT2D eigenvalue weighted by Crippen LogP contribution is -2.36. The Morgan fingerprint density at radius 3 is 2.71 bits per heavy atom. The Bertz CT molecular complexity index is 1040. The average molecular weight is 444 g/mol. The summed E-state index contributed by atoms with van der Waals surface area (Å²) >= 11 is 1.63. The van der Waals surface area contributed by atoms with Gasteiger partial charge in [-0.3, -0.25) is 4.79 Å². The smallest absolute Gasteiger partial charge is 0.303 e. The summed E-state index contributed by atoms with van der Waals surface area (Å²) in [5, 5.41) is 13.2. The Morgan fingerprint density at radius 1 is 1.19 bits per heavy atom. The second-order valence-electron chi connectivity index (χ2n) is 7.26. The van der Waals surface area contributed by atoms with Gasteiger partial charge >= 0.3 is 5.97 Å². The highest BCUT2D eigenvalue weighted by Gasteiger charge is 2.20. The predicted molar refractivity (Wildman–Crippen MR) is 120 cm³/mol. The van der Waals surface area contributed by atoms with Crippen LogP contribution in [0.25, 0.3) is 21.6 Å². The van der Waals surface area contributed by atoms with Crippen molar-refractivity contribution in [3.05, 3.63) is 18.5 Å². The molecular weight excluding hydrogens is 418 g/mol. The van der Waals surface area contributed by atoms with Gasteiger partial charge in [-0.1, -0.05) is 6.42 Å². The highest BCUT2D eigenvalue weighted by molar-refractivity contribution is 7.23. The largest absolute Gasteiger partial charge is 0.481 e. The van der Waals surface area contributed by atoms with E-state index in [1.807, 2.05) is 6.07 Å². The van der Waals surface area contributed by atoms with E-state index in [1.165, 1.54) is 0 Å². The Labute approximate surface area is 183 Å². The molecule has 11 heteroatoms. The fourth-order valence-electron chi connectivity index (χ4n) is 3.36. The van der Waals surface area contributed by atoms with Gasteiger partial charge in [-0.2, -0.15) is 0 Å². The maximum Gasteiger partial charge on any atom is 0.303 e. The second kappa shape index (κ2) is 9.84. The van der Waals surface area contributed by atoms with Crippen LogP contribution in [0.2, 0.25) is 0 Å². The van der Waals surface area contributed by atoms with E-state index in [1.54, 1.807) is 23.7 Å². The number of aromatic nitrogens is 4. The third kappa shape index (κ3) is 5.36. The molecule has 0 spiro atoms. The minimum absolute atomic E-state index is 0.212. The summed E-state index contributed by atoms with van der Waals surface area (Å²) in [6, 6.07) is 2.03. The van der Waals surface area contributed by atoms with Crippen molar-refractivity contribution < 1.29 is 14.6 Å². The number of nitrogen functional groups attached to an aromatic ring is 1. The number of rotatable bonds is 9. The number of nitrogens with two attached hydrogens (primary N) is 1. The highest BCUT2D eigenvalue weighted by atomic mass is 32.1. The molecule has 0 bridgehead atoms. The van der Waals surface area contributed by atoms with Gasteiger partial charge in [-0.05, 0) is 18.9 Å². The number of anilines is 3. The first-order valence-corrected chi connectivity index (χ1v) is 11.1. The van der Waals surface area contributed by atoms with Gasteiger partial charge in [0.15, 0.2) is 11.6 Å². The van der Waals surface area contributed by atoms with Crippen molar-refractivity contribution in [2.45, 2.75) is 25.7 Å². The van der Waals surface area contributed by atoms with Crippen LogP contribution in [0.5, 0.6) is 0 Å². The van der Waals surface area contributed by atoms with Gasteiger partial charge in [-0.15, -0.1) is 11.3 Å². The normalized spacial score (nSPS) is 14.1. The van der Waals surface area contributed by atoms with E-state index in [0.29, 0.717) is 31.0 Å². The summed E-state index contributed by atoms with van der Waals surface area (Å²) in [5.41, 5.74) is 7.19. The van der Waals surface area contributed by atoms with Crippen LogP contribution in [0.3, 0.4) is 0 Å². The number of nitrogens with one attached hydrogen (secondary N) is 1. The first kappa shape index (κ1) is 21.2. The second-order valence-corrected chi connectivity index (χ2v) is 8.31. The van der Waals surface area contributed by atoms with Gasteiger partial charge < -0.3 is 25.8 Å². The lowest BCUT2D eigenvalue weighted by molar-refractivity contribution is -0.137. The zero-order valence-corrected chi connectivity index (χ0v) is 17.9. The topological polar surface area (TPSA) is 139 Å². The van der Waals surface area contributed by atoms with Crippen LogP contribution in [0, 0.1) is 0 Å². The molecule has 0 saturated carbocycles. The zero-order chi connectivity index (χ0) is 21.6. The van der Waals surface area contributed by atoms with Crippen molar-refractivity contribution in [2.75, 3.05) is 48.8 Å². The zero-order valence-electron chi connectivity index (χ0n) is 17.1. The molecule has 3 aromatic heterocycles. The molecule has 1 aliphatic rings. The van der Waals surface area contributed by atoms with E-state index in [4.69, 9.17) is 25.5 Å². The van der Waals surface area contributed by atoms with Crippen LogP contribution in [-0.4, -0.2) is 63.9 Å². The molecule has 0 atom stereocenters. The number of morpholine rings is 1. The lowest BCUT2D eigenvalue weighted by atomic mass is 10.2. The van der Waals surface area contributed by atoms with E-state index < -0.39 is 5.97 Å². The third-order valence-corrected chi connectivity index (χ3v) is 6.04. The Balaban J connectivity index is 1.56. The van der Waals surface area contributed by atoms with Crippen molar-refractivity contribution in [2.24, 2.45) is 0 Å². The number of carboxylic acids is 1. The molecule has 1 aliphatic heterocycles. The number of nitrogens with zero attached hydrogens (tertiary/aromatic N) is 5. The van der Waals surface area contributed by atoms with Crippen LogP contribution in [0.1, 0.15) is 25.7 Å². The number of hydrogen-bond donors (Lipinski definition) is 3. The molecule has 0 amide bonds. The summed E-state index contributed by atoms with van der Waals surface area (Å²) < 4.78 is 6.53. The number of aliphatic carboxylic acids is 1. The summed E-state index contributed by atoms with van der Waals surface area (Å²) in [5.74, 6) is 0.921. The number of ether oxygens (including phenoxy) is 1. The number of hydrogen-bond acceptors (Lipinski definition) is 10. The fourth-order valence-corrected chi connectivity index (χ4v) is 4.40. The van der Waals surface area contributed by atoms with Gasteiger partial charge in [-0.25, -0.2) is 19.9 Å². The molecule has 0 radical (unpaired) electrons. The van der Waals surface area contributed by atoms with Crippen molar-refractivity contribution in [3.63, 3.8) is 0 Å². The van der Waals surface area contributed by atoms with Crippen LogP contribution in [-0.2, 0) is 9.53 Å². The molecule has 1 fully saturated rings. The first-order chi connectivity index (χ1) is 15.1. The first-order valence-electron chi connectivity index (χ1n) is 10.3. The summed E-state index contributed by atoms with van der Waals surface area (Å²) in [6.07, 6.45) is 5.98. The molecular formula is C20H25N7O3S. The number of fused-ring (bicyclic) bond motifs is 1. The van der Waals surface area contributed by atoms with Gasteiger partial charge in [0.05, 0.1) is 34.0 Å². The average Bonchev–Trinajstić information content (AvgIpc) is 3.19. The van der Waals surface area contributed by atoms with Crippen molar-refractivity contribution in [1.29, 1.82) is 0 Å². The molecule has 3 aromatic rings. The van der Waals surface area contributed by atoms with Gasteiger partial charge in [0.1, 0.15) is 0 Å². The van der Waals surface area contributed by atoms with Crippen molar-refractivity contribution in [1.82, 2.24) is 19.9 Å². The summed E-state index contributed by atoms with van der Waals surface area (Å²) in [4.78, 5) is 30.5. The molecule has 4 N–H and O–H groups in total. The molecule has 31 heavy (non-hydrogen) atoms. The van der Waals surface area contributed by atoms with E-state index >= 15 is 0 Å². The fraction of sp³-hybridized carbons (Fsp3) is 0.450. The van der Waals surface area contributed by atoms with E-state index in [9.17, 15) is 4.79 Å². The minimum Gasteiger partial charge on any atom is -0.481 e. The SMILES string of the molecule is Nc1ncc(-c2nc(N3CCOCC3)c3sc(NCCCCCC(=O)O)cc3n2)cn1. The van der Waals surface area contributed by atoms with Crippen molar-refractivity contribution in [3.8, 4) is 11.4 Å². The molecule has 0 unspecified atom stereocenters. The minimum atomic E-state index is -0.742. The number of carbonyl (C=O) groups is 1. The quantitative estimate of drug-likeness (QED) is 0.423. The summed E-state index contributed by atoms with van der Waals surface area (Å²) in [7, 11) is 0. The van der Waals surface area contributed by atoms with E-state index in [-0.39, 0.29) is 12.4 Å². The molecule has 0 aliphatic carbocycles. The van der Waals surface area contributed by atoms with Gasteiger partial charge in [0.25, 0.3) is 0 Å². The Kier molecular flexibility index (Phi) is 6.73. The van der Waals surface area contributed by atoms with E-state index in [2.05, 4.69) is 20.2 Å².